The van der Waals surface area contributed by atoms with E-state index in [0.29, 0.717) is 16.9 Å². The molecule has 0 aliphatic carbocycles. The Morgan fingerprint density at radius 1 is 1.17 bits per heavy atom. The van der Waals surface area contributed by atoms with Crippen LogP contribution in [-0.4, -0.2) is 54.8 Å². The number of anilines is 1. The first-order valence-corrected chi connectivity index (χ1v) is 7.25. The summed E-state index contributed by atoms with van der Waals surface area (Å²) in [6.07, 6.45) is -2.76. The highest BCUT2D eigenvalue weighted by atomic mass is 16.6. The molecule has 23 heavy (non-hydrogen) atoms. The van der Waals surface area contributed by atoms with Crippen molar-refractivity contribution in [3.05, 3.63) is 30.6 Å². The number of rotatable bonds is 2. The summed E-state index contributed by atoms with van der Waals surface area (Å²) in [5.41, 5.74) is 7.25. The number of benzene rings is 1. The van der Waals surface area contributed by atoms with E-state index >= 15 is 0 Å². The molecule has 0 spiro atoms. The summed E-state index contributed by atoms with van der Waals surface area (Å²) in [6.45, 7) is -0.386. The summed E-state index contributed by atoms with van der Waals surface area (Å²) in [5, 5.41) is 31.1. The number of aromatic nitrogens is 3. The second-order valence-electron chi connectivity index (χ2n) is 5.57. The molecule has 0 bridgehead atoms. The van der Waals surface area contributed by atoms with Crippen molar-refractivity contribution in [3.63, 3.8) is 0 Å². The van der Waals surface area contributed by atoms with E-state index in [1.165, 1.54) is 6.33 Å². The van der Waals surface area contributed by atoms with Crippen molar-refractivity contribution in [2.75, 3.05) is 12.3 Å². The number of ether oxygens (including phenoxy) is 1. The summed E-state index contributed by atoms with van der Waals surface area (Å²) in [6, 6.07) is 7.46. The van der Waals surface area contributed by atoms with Crippen LogP contribution in [0.3, 0.4) is 0 Å². The zero-order valence-electron chi connectivity index (χ0n) is 12.1. The van der Waals surface area contributed by atoms with Gasteiger partial charge in [0.15, 0.2) is 6.23 Å². The molecular formula is C15H16N4O4. The van der Waals surface area contributed by atoms with Gasteiger partial charge in [-0.1, -0.05) is 18.2 Å². The molecule has 8 nitrogen and oxygen atoms in total. The Bertz CT molecular complexity index is 880. The Balaban J connectivity index is 2.01. The quantitative estimate of drug-likeness (QED) is 0.514. The molecule has 5 N–H and O–H groups in total. The van der Waals surface area contributed by atoms with Gasteiger partial charge >= 0.3 is 0 Å². The smallest absolute Gasteiger partial charge is 0.165 e. The van der Waals surface area contributed by atoms with Gasteiger partial charge in [-0.2, -0.15) is 0 Å². The van der Waals surface area contributed by atoms with Crippen LogP contribution < -0.4 is 5.73 Å². The molecule has 0 amide bonds. The van der Waals surface area contributed by atoms with E-state index in [1.807, 2.05) is 24.3 Å². The fourth-order valence-corrected chi connectivity index (χ4v) is 3.19. The number of hydrogen-bond donors (Lipinski definition) is 4. The minimum absolute atomic E-state index is 0.330. The van der Waals surface area contributed by atoms with Crippen molar-refractivity contribution in [1.29, 1.82) is 0 Å². The van der Waals surface area contributed by atoms with Crippen LogP contribution in [-0.2, 0) is 4.74 Å². The van der Waals surface area contributed by atoms with E-state index in [1.54, 1.807) is 4.57 Å². The highest BCUT2D eigenvalue weighted by molar-refractivity contribution is 6.11. The lowest BCUT2D eigenvalue weighted by Gasteiger charge is -2.18. The van der Waals surface area contributed by atoms with Gasteiger partial charge in [-0.3, -0.25) is 4.57 Å². The van der Waals surface area contributed by atoms with Crippen LogP contribution in [0.15, 0.2) is 30.6 Å². The average Bonchev–Trinajstić information content (AvgIpc) is 3.04. The molecule has 4 atom stereocenters. The maximum Gasteiger partial charge on any atom is 0.165 e. The number of hydrogen-bond acceptors (Lipinski definition) is 7. The van der Waals surface area contributed by atoms with E-state index in [2.05, 4.69) is 9.97 Å². The van der Waals surface area contributed by atoms with E-state index < -0.39 is 24.5 Å². The first-order chi connectivity index (χ1) is 11.1. The molecule has 0 unspecified atom stereocenters. The number of nitrogen functional groups attached to an aromatic ring is 1. The molecule has 2 aromatic heterocycles. The van der Waals surface area contributed by atoms with Crippen LogP contribution in [0.2, 0.25) is 0 Å². The Hall–Kier alpha value is -2.26. The molecule has 3 aromatic rings. The van der Waals surface area contributed by atoms with Crippen molar-refractivity contribution in [1.82, 2.24) is 14.5 Å². The lowest BCUT2D eigenvalue weighted by molar-refractivity contribution is -0.0489. The molecule has 1 fully saturated rings. The van der Waals surface area contributed by atoms with Crippen LogP contribution in [0.4, 0.5) is 5.82 Å². The fraction of sp³-hybridized carbons (Fsp3) is 0.333. The molecular weight excluding hydrogens is 300 g/mol. The SMILES string of the molecule is Nc1ncnc2c1c1ccccc1n2[C@@H]1O[C@H](CO)[C@@H](O)[C@H]1O. The summed E-state index contributed by atoms with van der Waals surface area (Å²) in [4.78, 5) is 8.29. The normalized spacial score (nSPS) is 28.0. The van der Waals surface area contributed by atoms with E-state index in [0.717, 1.165) is 10.9 Å². The predicted molar refractivity (Wildman–Crippen MR) is 82.5 cm³/mol. The summed E-state index contributed by atoms with van der Waals surface area (Å²) >= 11 is 0. The zero-order chi connectivity index (χ0) is 16.1. The van der Waals surface area contributed by atoms with Crippen molar-refractivity contribution in [2.24, 2.45) is 0 Å². The van der Waals surface area contributed by atoms with Gasteiger partial charge in [0.05, 0.1) is 17.5 Å². The Labute approximate surface area is 130 Å². The maximum absolute atomic E-state index is 10.3. The number of aliphatic hydroxyl groups is 3. The number of nitrogens with two attached hydrogens (primary N) is 1. The molecule has 1 saturated heterocycles. The number of para-hydroxylation sites is 1. The van der Waals surface area contributed by atoms with Gasteiger partial charge in [0.1, 0.15) is 36.1 Å². The third kappa shape index (κ3) is 1.93. The van der Waals surface area contributed by atoms with Crippen LogP contribution in [0.1, 0.15) is 6.23 Å². The fourth-order valence-electron chi connectivity index (χ4n) is 3.19. The molecule has 1 aromatic carbocycles. The molecule has 8 heteroatoms. The Kier molecular flexibility index (Phi) is 3.20. The first-order valence-electron chi connectivity index (χ1n) is 7.25. The van der Waals surface area contributed by atoms with Crippen LogP contribution in [0.5, 0.6) is 0 Å². The van der Waals surface area contributed by atoms with E-state index in [9.17, 15) is 15.3 Å². The van der Waals surface area contributed by atoms with Crippen LogP contribution in [0.25, 0.3) is 21.9 Å². The molecule has 120 valence electrons. The molecule has 1 aliphatic heterocycles. The minimum Gasteiger partial charge on any atom is -0.394 e. The highest BCUT2D eigenvalue weighted by Gasteiger charge is 2.44. The second-order valence-corrected chi connectivity index (χ2v) is 5.57. The lowest BCUT2D eigenvalue weighted by Crippen LogP contribution is -2.33. The van der Waals surface area contributed by atoms with Gasteiger partial charge in [-0.25, -0.2) is 9.97 Å². The summed E-state index contributed by atoms with van der Waals surface area (Å²) in [7, 11) is 0. The number of fused-ring (bicyclic) bond motifs is 3. The average molecular weight is 316 g/mol. The van der Waals surface area contributed by atoms with E-state index in [4.69, 9.17) is 10.5 Å². The van der Waals surface area contributed by atoms with Crippen molar-refractivity contribution < 1.29 is 20.1 Å². The third-order valence-electron chi connectivity index (χ3n) is 4.29. The maximum atomic E-state index is 10.3. The standard InChI is InChI=1S/C15H16N4O4/c16-13-10-7-3-1-2-4-8(7)19(14(10)18-6-17-13)15-12(22)11(21)9(5-20)23-15/h1-4,6,9,11-12,15,20-22H,5H2,(H2,16,17,18)/t9-,11-,12-,15-/m1/s1. The zero-order valence-corrected chi connectivity index (χ0v) is 12.1. The molecule has 4 rings (SSSR count). The van der Waals surface area contributed by atoms with E-state index in [-0.39, 0.29) is 6.61 Å². The topological polar surface area (TPSA) is 127 Å². The second kappa shape index (κ2) is 5.14. The lowest BCUT2D eigenvalue weighted by atomic mass is 10.1. The molecule has 0 saturated carbocycles. The Morgan fingerprint density at radius 2 is 1.96 bits per heavy atom. The van der Waals surface area contributed by atoms with Crippen molar-refractivity contribution in [2.45, 2.75) is 24.5 Å². The Morgan fingerprint density at radius 3 is 2.70 bits per heavy atom. The van der Waals surface area contributed by atoms with Gasteiger partial charge in [0.25, 0.3) is 0 Å². The predicted octanol–water partition coefficient (Wildman–Crippen LogP) is -0.222. The first kappa shape index (κ1) is 14.3. The third-order valence-corrected chi connectivity index (χ3v) is 4.29. The van der Waals surface area contributed by atoms with Crippen LogP contribution in [0, 0.1) is 0 Å². The largest absolute Gasteiger partial charge is 0.394 e. The van der Waals surface area contributed by atoms with Gasteiger partial charge in [-0.05, 0) is 6.07 Å². The van der Waals surface area contributed by atoms with Gasteiger partial charge in [0.2, 0.25) is 0 Å². The molecule has 1 aliphatic rings. The molecule has 0 radical (unpaired) electrons. The van der Waals surface area contributed by atoms with Gasteiger partial charge < -0.3 is 25.8 Å². The molecule has 3 heterocycles. The number of nitrogens with zero attached hydrogens (tertiary/aromatic N) is 3. The van der Waals surface area contributed by atoms with Gasteiger partial charge in [-0.15, -0.1) is 0 Å². The van der Waals surface area contributed by atoms with Crippen LogP contribution >= 0.6 is 0 Å². The monoisotopic (exact) mass is 316 g/mol. The highest BCUT2D eigenvalue weighted by Crippen LogP contribution is 2.38. The van der Waals surface area contributed by atoms with Crippen molar-refractivity contribution in [3.8, 4) is 0 Å². The summed E-state index contributed by atoms with van der Waals surface area (Å²) in [5.74, 6) is 0.330. The number of aliphatic hydroxyl groups excluding tert-OH is 3. The minimum atomic E-state index is -1.19. The van der Waals surface area contributed by atoms with Crippen molar-refractivity contribution >= 4 is 27.8 Å². The van der Waals surface area contributed by atoms with Gasteiger partial charge in [0, 0.05) is 5.39 Å². The summed E-state index contributed by atoms with van der Waals surface area (Å²) < 4.78 is 7.33.